The molecule has 0 aromatic heterocycles. The van der Waals surface area contributed by atoms with Gasteiger partial charge in [0.15, 0.2) is 0 Å². The van der Waals surface area contributed by atoms with Gasteiger partial charge in [-0.1, -0.05) is 0 Å². The molecule has 34 heavy (non-hydrogen) atoms. The molecule has 0 amide bonds. The summed E-state index contributed by atoms with van der Waals surface area (Å²) in [4.78, 5) is 6.18. The molecule has 0 saturated heterocycles. The van der Waals surface area contributed by atoms with Crippen LogP contribution in [0.5, 0.6) is 0 Å². The monoisotopic (exact) mass is 598 g/mol. The van der Waals surface area contributed by atoms with Gasteiger partial charge in [0.05, 0.1) is 0 Å². The van der Waals surface area contributed by atoms with Gasteiger partial charge in [-0.2, -0.15) is 0 Å². The maximum atomic E-state index is 2.79. The minimum absolute atomic E-state index is 0.438. The first-order valence-corrected chi connectivity index (χ1v) is 26.8. The molecular formula is C31H60Ga2Si. The van der Waals surface area contributed by atoms with Gasteiger partial charge in [-0.15, -0.1) is 0 Å². The second kappa shape index (κ2) is 11.6. The molecule has 0 aliphatic carbocycles. The van der Waals surface area contributed by atoms with E-state index < -0.39 is 40.5 Å². The van der Waals surface area contributed by atoms with Crippen LogP contribution in [0, 0.1) is 21.7 Å². The van der Waals surface area contributed by atoms with Gasteiger partial charge in [-0.25, -0.2) is 0 Å². The van der Waals surface area contributed by atoms with Crippen molar-refractivity contribution in [2.45, 2.75) is 131 Å². The molecule has 1 aromatic rings. The fourth-order valence-corrected chi connectivity index (χ4v) is 59.7. The molecular weight excluding hydrogens is 540 g/mol. The molecule has 3 heteroatoms. The Bertz CT molecular complexity index is 665. The molecule has 0 fully saturated rings. The summed E-state index contributed by atoms with van der Waals surface area (Å²) in [5, 5.41) is 0. The molecule has 0 unspecified atom stereocenters. The van der Waals surface area contributed by atoms with Crippen LogP contribution in [0.25, 0.3) is 0 Å². The third-order valence-electron chi connectivity index (χ3n) is 7.63. The molecule has 1 aromatic carbocycles. The molecule has 0 bridgehead atoms. The summed E-state index contributed by atoms with van der Waals surface area (Å²) in [5.41, 5.74) is 3.39. The summed E-state index contributed by atoms with van der Waals surface area (Å²) < 4.78 is 0.718. The van der Waals surface area contributed by atoms with Gasteiger partial charge in [0.2, 0.25) is 0 Å². The molecule has 0 aliphatic rings. The molecule has 194 valence electrons. The average Bonchev–Trinajstić information content (AvgIpc) is 2.53. The van der Waals surface area contributed by atoms with Gasteiger partial charge >= 0.3 is 229 Å². The zero-order chi connectivity index (χ0) is 26.8. The second-order valence-electron chi connectivity index (χ2n) is 17.4. The molecule has 0 radical (unpaired) electrons. The van der Waals surface area contributed by atoms with Crippen LogP contribution in [-0.2, 0) is 6.42 Å². The predicted octanol–water partition coefficient (Wildman–Crippen LogP) is 10.6. The number of hydrogen-bond donors (Lipinski definition) is 0. The fourth-order valence-electron chi connectivity index (χ4n) is 6.88. The number of benzene rings is 1. The second-order valence-corrected chi connectivity index (χ2v) is 41.8. The summed E-state index contributed by atoms with van der Waals surface area (Å²) in [6, 6.07) is 11.8. The number of rotatable bonds is 9. The Morgan fingerprint density at radius 3 is 1.06 bits per heavy atom. The van der Waals surface area contributed by atoms with Gasteiger partial charge in [0.1, 0.15) is 0 Å². The molecule has 0 nitrogen and oxygen atoms in total. The van der Waals surface area contributed by atoms with Gasteiger partial charge in [-0.3, -0.25) is 0 Å². The van der Waals surface area contributed by atoms with Crippen molar-refractivity contribution in [3.8, 4) is 0 Å². The van der Waals surface area contributed by atoms with Crippen molar-refractivity contribution < 1.29 is 0 Å². The topological polar surface area (TPSA) is 0 Å². The van der Waals surface area contributed by atoms with Crippen LogP contribution in [0.3, 0.4) is 0 Å². The van der Waals surface area contributed by atoms with Crippen LogP contribution >= 0.6 is 0 Å². The summed E-state index contributed by atoms with van der Waals surface area (Å²) in [5.74, 6) is 0. The van der Waals surface area contributed by atoms with Crippen LogP contribution in [0.2, 0.25) is 41.7 Å². The van der Waals surface area contributed by atoms with Crippen LogP contribution in [0.4, 0.5) is 0 Å². The van der Waals surface area contributed by atoms with Gasteiger partial charge in [-0.05, 0) is 0 Å². The van der Waals surface area contributed by atoms with Gasteiger partial charge in [0, 0.05) is 0 Å². The summed E-state index contributed by atoms with van der Waals surface area (Å²) >= 11 is -3.59. The Labute approximate surface area is 227 Å². The molecule has 0 aliphatic heterocycles. The van der Waals surface area contributed by atoms with Crippen molar-refractivity contribution in [1.29, 1.82) is 0 Å². The van der Waals surface area contributed by atoms with E-state index in [-0.39, 0.29) is 0 Å². The van der Waals surface area contributed by atoms with Crippen molar-refractivity contribution >= 4 is 40.5 Å². The Kier molecular flexibility index (Phi) is 11.2. The Morgan fingerprint density at radius 2 is 0.824 bits per heavy atom. The van der Waals surface area contributed by atoms with Crippen molar-refractivity contribution in [3.05, 3.63) is 35.9 Å². The summed E-state index contributed by atoms with van der Waals surface area (Å²) in [6.07, 6.45) is 1.40. The summed E-state index contributed by atoms with van der Waals surface area (Å²) in [7, 11) is -1.48. The quantitative estimate of drug-likeness (QED) is 0.248. The zero-order valence-corrected chi connectivity index (χ0v) is 31.9. The predicted molar refractivity (Wildman–Crippen MR) is 165 cm³/mol. The SMILES string of the molecule is CC(C)(C)[CH2][Ga]([CH2]C(C)(C)C)[C](Cc1ccccc1)([Ga]([CH2]C(C)(C)C)[CH2]C(C)(C)C)[Si](C)(C)C. The Hall–Kier alpha value is 0.710. The average molecular weight is 600 g/mol. The van der Waals surface area contributed by atoms with E-state index in [1.165, 1.54) is 6.42 Å². The molecule has 0 N–H and O–H groups in total. The fraction of sp³-hybridized carbons (Fsp3) is 0.806. The van der Waals surface area contributed by atoms with E-state index in [0.29, 0.717) is 21.7 Å². The van der Waals surface area contributed by atoms with Crippen LogP contribution in [0.15, 0.2) is 30.3 Å². The van der Waals surface area contributed by atoms with Gasteiger partial charge < -0.3 is 0 Å². The Balaban J connectivity index is 4.00. The molecule has 1 rings (SSSR count). The van der Waals surface area contributed by atoms with E-state index in [9.17, 15) is 0 Å². The third-order valence-corrected chi connectivity index (χ3v) is 57.4. The molecule has 0 atom stereocenters. The first-order chi connectivity index (χ1) is 15.0. The molecule has 0 heterocycles. The minimum atomic E-state index is -1.79. The third kappa shape index (κ3) is 11.0. The van der Waals surface area contributed by atoms with Crippen molar-refractivity contribution in [2.75, 3.05) is 0 Å². The van der Waals surface area contributed by atoms with Crippen molar-refractivity contribution in [1.82, 2.24) is 0 Å². The van der Waals surface area contributed by atoms with E-state index >= 15 is 0 Å². The van der Waals surface area contributed by atoms with Crippen LogP contribution in [-0.4, -0.2) is 40.5 Å². The van der Waals surface area contributed by atoms with E-state index in [2.05, 4.69) is 133 Å². The van der Waals surface area contributed by atoms with Gasteiger partial charge in [0.25, 0.3) is 0 Å². The van der Waals surface area contributed by atoms with E-state index in [1.54, 1.807) is 25.5 Å². The first kappa shape index (κ1) is 32.7. The molecule has 0 spiro atoms. The first-order valence-electron chi connectivity index (χ1n) is 14.0. The Morgan fingerprint density at radius 1 is 0.529 bits per heavy atom. The summed E-state index contributed by atoms with van der Waals surface area (Å²) in [6.45, 7) is 38.9. The van der Waals surface area contributed by atoms with Crippen molar-refractivity contribution in [2.24, 2.45) is 21.7 Å². The van der Waals surface area contributed by atoms with Crippen LogP contribution < -0.4 is 0 Å². The van der Waals surface area contributed by atoms with Crippen LogP contribution in [0.1, 0.15) is 88.6 Å². The van der Waals surface area contributed by atoms with Crippen molar-refractivity contribution in [3.63, 3.8) is 0 Å². The molecule has 0 saturated carbocycles. The van der Waals surface area contributed by atoms with E-state index in [1.807, 2.05) is 0 Å². The standard InChI is InChI=1S/C11H16Si.4C5H11.2Ga/c1-12(2,3)10-9-11-7-5-4-6-8-11;4*1-5(2,3)4;;/h4-8H,9H2,1-3H3;4*1H2,2-4H3;;. The zero-order valence-electron chi connectivity index (χ0n) is 26.1. The normalized spacial score (nSPS) is 14.3. The number of hydrogen-bond acceptors (Lipinski definition) is 0. The van der Waals surface area contributed by atoms with E-state index in [0.717, 1.165) is 2.15 Å². The maximum absolute atomic E-state index is 2.79. The van der Waals surface area contributed by atoms with E-state index in [4.69, 9.17) is 0 Å².